The van der Waals surface area contributed by atoms with Gasteiger partial charge < -0.3 is 15.2 Å². The van der Waals surface area contributed by atoms with Crippen LogP contribution in [-0.4, -0.2) is 68.6 Å². The number of nitrogens with one attached hydrogen (secondary N) is 1. The van der Waals surface area contributed by atoms with E-state index in [1.807, 2.05) is 13.8 Å². The van der Waals surface area contributed by atoms with E-state index in [1.54, 1.807) is 0 Å². The number of sulfonamides is 1. The maximum atomic E-state index is 11.4. The molecule has 0 bridgehead atoms. The van der Waals surface area contributed by atoms with E-state index >= 15 is 0 Å². The monoisotopic (exact) mass is 294 g/mol. The zero-order chi connectivity index (χ0) is 14.5. The lowest BCUT2D eigenvalue weighted by Crippen LogP contribution is -2.46. The lowest BCUT2D eigenvalue weighted by molar-refractivity contribution is 0.00492. The molecule has 1 rings (SSSR count). The molecule has 1 saturated heterocycles. The van der Waals surface area contributed by atoms with Crippen LogP contribution in [0.3, 0.4) is 0 Å². The molecule has 1 heterocycles. The normalized spacial score (nSPS) is 20.9. The fourth-order valence-corrected chi connectivity index (χ4v) is 2.93. The lowest BCUT2D eigenvalue weighted by atomic mass is 10.1. The average Bonchev–Trinajstić information content (AvgIpc) is 2.33. The van der Waals surface area contributed by atoms with E-state index in [1.165, 1.54) is 10.6 Å². The van der Waals surface area contributed by atoms with Crippen LogP contribution >= 0.6 is 0 Å². The van der Waals surface area contributed by atoms with Crippen molar-refractivity contribution in [3.05, 3.63) is 0 Å². The van der Waals surface area contributed by atoms with Gasteiger partial charge in [-0.1, -0.05) is 0 Å². The Labute approximate surface area is 116 Å². The van der Waals surface area contributed by atoms with E-state index in [-0.39, 0.29) is 12.1 Å². The Balaban J connectivity index is 2.19. The van der Waals surface area contributed by atoms with Gasteiger partial charge in [-0.3, -0.25) is 0 Å². The third-order valence-electron chi connectivity index (χ3n) is 3.19. The average molecular weight is 294 g/mol. The minimum absolute atomic E-state index is 0.118. The van der Waals surface area contributed by atoms with Gasteiger partial charge in [0.15, 0.2) is 0 Å². The molecular formula is C12H26N2O4S. The topological polar surface area (TPSA) is 78.9 Å². The molecule has 6 nitrogen and oxygen atoms in total. The molecule has 7 heteroatoms. The van der Waals surface area contributed by atoms with E-state index in [0.717, 1.165) is 12.8 Å². The summed E-state index contributed by atoms with van der Waals surface area (Å²) in [6.45, 7) is 5.77. The number of hydrogen-bond acceptors (Lipinski definition) is 5. The van der Waals surface area contributed by atoms with Gasteiger partial charge in [0.05, 0.1) is 25.1 Å². The molecule has 1 atom stereocenters. The van der Waals surface area contributed by atoms with Crippen molar-refractivity contribution in [3.63, 3.8) is 0 Å². The van der Waals surface area contributed by atoms with Crippen LogP contribution in [0.15, 0.2) is 0 Å². The molecule has 114 valence electrons. The first-order valence-corrected chi connectivity index (χ1v) is 8.62. The number of rotatable bonds is 7. The largest absolute Gasteiger partial charge is 0.389 e. The SMILES string of the molecule is CC(C)OCC(O)CNC1CCN(S(C)(=O)=O)CC1. The van der Waals surface area contributed by atoms with Crippen LogP contribution in [0.5, 0.6) is 0 Å². The van der Waals surface area contributed by atoms with Gasteiger partial charge in [-0.25, -0.2) is 12.7 Å². The van der Waals surface area contributed by atoms with Gasteiger partial charge in [-0.15, -0.1) is 0 Å². The number of aliphatic hydroxyl groups is 1. The van der Waals surface area contributed by atoms with E-state index < -0.39 is 16.1 Å². The Morgan fingerprint density at radius 1 is 1.37 bits per heavy atom. The first kappa shape index (κ1) is 16.8. The molecule has 0 amide bonds. The standard InChI is InChI=1S/C12H26N2O4S/c1-10(2)18-9-12(15)8-13-11-4-6-14(7-5-11)19(3,16)17/h10-13,15H,4-9H2,1-3H3. The minimum Gasteiger partial charge on any atom is -0.389 e. The summed E-state index contributed by atoms with van der Waals surface area (Å²) in [6, 6.07) is 0.270. The summed E-state index contributed by atoms with van der Waals surface area (Å²) in [5.74, 6) is 0. The summed E-state index contributed by atoms with van der Waals surface area (Å²) < 4.78 is 29.5. The molecule has 2 N–H and O–H groups in total. The molecule has 0 radical (unpaired) electrons. The predicted octanol–water partition coefficient (Wildman–Crippen LogP) is -0.214. The van der Waals surface area contributed by atoms with Gasteiger partial charge in [0, 0.05) is 25.7 Å². The molecule has 19 heavy (non-hydrogen) atoms. The summed E-state index contributed by atoms with van der Waals surface area (Å²) in [7, 11) is -3.06. The second kappa shape index (κ2) is 7.54. The number of hydrogen-bond donors (Lipinski definition) is 2. The minimum atomic E-state index is -3.06. The summed E-state index contributed by atoms with van der Waals surface area (Å²) in [5.41, 5.74) is 0. The Bertz CT molecular complexity index is 351. The Morgan fingerprint density at radius 2 is 1.95 bits per heavy atom. The molecule has 0 aromatic heterocycles. The van der Waals surface area contributed by atoms with Gasteiger partial charge >= 0.3 is 0 Å². The van der Waals surface area contributed by atoms with Crippen molar-refractivity contribution in [2.45, 2.75) is 44.9 Å². The van der Waals surface area contributed by atoms with Crippen LogP contribution in [0.1, 0.15) is 26.7 Å². The highest BCUT2D eigenvalue weighted by molar-refractivity contribution is 7.88. The molecule has 0 spiro atoms. The third kappa shape index (κ3) is 6.67. The first-order valence-electron chi connectivity index (χ1n) is 6.77. The van der Waals surface area contributed by atoms with E-state index in [2.05, 4.69) is 5.32 Å². The molecule has 1 aliphatic heterocycles. The van der Waals surface area contributed by atoms with Gasteiger partial charge in [0.25, 0.3) is 0 Å². The quantitative estimate of drug-likeness (QED) is 0.679. The molecular weight excluding hydrogens is 268 g/mol. The van der Waals surface area contributed by atoms with E-state index in [9.17, 15) is 13.5 Å². The molecule has 0 saturated carbocycles. The highest BCUT2D eigenvalue weighted by Gasteiger charge is 2.24. The van der Waals surface area contributed by atoms with Crippen molar-refractivity contribution in [3.8, 4) is 0 Å². The van der Waals surface area contributed by atoms with Crippen molar-refractivity contribution in [2.75, 3.05) is 32.5 Å². The predicted molar refractivity (Wildman–Crippen MR) is 74.5 cm³/mol. The van der Waals surface area contributed by atoms with Crippen LogP contribution in [0, 0.1) is 0 Å². The number of piperidine rings is 1. The maximum Gasteiger partial charge on any atom is 0.211 e. The summed E-state index contributed by atoms with van der Waals surface area (Å²) in [6.07, 6.45) is 2.41. The lowest BCUT2D eigenvalue weighted by Gasteiger charge is -2.31. The Hall–Kier alpha value is -0.210. The number of aliphatic hydroxyl groups excluding tert-OH is 1. The summed E-state index contributed by atoms with van der Waals surface area (Å²) in [4.78, 5) is 0. The molecule has 1 aliphatic rings. The molecule has 0 aromatic rings. The van der Waals surface area contributed by atoms with Crippen molar-refractivity contribution < 1.29 is 18.3 Å². The van der Waals surface area contributed by atoms with E-state index in [0.29, 0.717) is 26.2 Å². The fourth-order valence-electron chi connectivity index (χ4n) is 2.06. The summed E-state index contributed by atoms with van der Waals surface area (Å²) >= 11 is 0. The number of nitrogens with zero attached hydrogens (tertiary/aromatic N) is 1. The zero-order valence-corrected chi connectivity index (χ0v) is 12.8. The van der Waals surface area contributed by atoms with Crippen LogP contribution in [0.2, 0.25) is 0 Å². The van der Waals surface area contributed by atoms with Crippen molar-refractivity contribution >= 4 is 10.0 Å². The summed E-state index contributed by atoms with van der Waals surface area (Å²) in [5, 5.41) is 13.0. The van der Waals surface area contributed by atoms with Crippen molar-refractivity contribution in [2.24, 2.45) is 0 Å². The Kier molecular flexibility index (Phi) is 6.68. The van der Waals surface area contributed by atoms with Crippen molar-refractivity contribution in [1.29, 1.82) is 0 Å². The third-order valence-corrected chi connectivity index (χ3v) is 4.49. The van der Waals surface area contributed by atoms with Crippen LogP contribution < -0.4 is 5.32 Å². The van der Waals surface area contributed by atoms with Crippen LogP contribution in [0.25, 0.3) is 0 Å². The molecule has 1 fully saturated rings. The zero-order valence-electron chi connectivity index (χ0n) is 12.0. The van der Waals surface area contributed by atoms with Gasteiger partial charge in [0.2, 0.25) is 10.0 Å². The van der Waals surface area contributed by atoms with Gasteiger partial charge in [-0.2, -0.15) is 0 Å². The molecule has 1 unspecified atom stereocenters. The van der Waals surface area contributed by atoms with Crippen molar-refractivity contribution in [1.82, 2.24) is 9.62 Å². The fraction of sp³-hybridized carbons (Fsp3) is 1.00. The Morgan fingerprint density at radius 3 is 2.42 bits per heavy atom. The smallest absolute Gasteiger partial charge is 0.211 e. The number of ether oxygens (including phenoxy) is 1. The highest BCUT2D eigenvalue weighted by atomic mass is 32.2. The molecule has 0 aromatic carbocycles. The van der Waals surface area contributed by atoms with Gasteiger partial charge in [0.1, 0.15) is 0 Å². The van der Waals surface area contributed by atoms with Gasteiger partial charge in [-0.05, 0) is 26.7 Å². The van der Waals surface area contributed by atoms with E-state index in [4.69, 9.17) is 4.74 Å². The van der Waals surface area contributed by atoms with Crippen LogP contribution in [-0.2, 0) is 14.8 Å². The van der Waals surface area contributed by atoms with Crippen LogP contribution in [0.4, 0.5) is 0 Å². The second-order valence-electron chi connectivity index (χ2n) is 5.38. The molecule has 0 aliphatic carbocycles. The maximum absolute atomic E-state index is 11.4. The highest BCUT2D eigenvalue weighted by Crippen LogP contribution is 2.13. The first-order chi connectivity index (χ1) is 8.79. The second-order valence-corrected chi connectivity index (χ2v) is 7.36.